The monoisotopic (exact) mass is 434 g/mol. The maximum Gasteiger partial charge on any atom is 0.287 e. The van der Waals surface area contributed by atoms with E-state index in [1.54, 1.807) is 12.5 Å². The van der Waals surface area contributed by atoms with E-state index >= 15 is 0 Å². The highest BCUT2D eigenvalue weighted by Gasteiger charge is 2.61. The summed E-state index contributed by atoms with van der Waals surface area (Å²) in [7, 11) is -4.13. The van der Waals surface area contributed by atoms with E-state index in [0.717, 1.165) is 49.2 Å². The molecule has 5 heteroatoms. The maximum absolute atomic E-state index is 11.8. The van der Waals surface area contributed by atoms with Crippen LogP contribution in [0.4, 0.5) is 0 Å². The molecule has 3 aliphatic carbocycles. The molecule has 3 fully saturated rings. The summed E-state index contributed by atoms with van der Waals surface area (Å²) in [5.41, 5.74) is 2.84. The van der Waals surface area contributed by atoms with Gasteiger partial charge in [0.1, 0.15) is 0 Å². The van der Waals surface area contributed by atoms with Crippen molar-refractivity contribution >= 4 is 10.1 Å². The van der Waals surface area contributed by atoms with Gasteiger partial charge in [0.25, 0.3) is 10.1 Å². The largest absolute Gasteiger partial charge is 0.472 e. The minimum atomic E-state index is -4.13. The van der Waals surface area contributed by atoms with E-state index < -0.39 is 10.1 Å². The summed E-state index contributed by atoms with van der Waals surface area (Å²) in [5, 5.41) is 1.17. The van der Waals surface area contributed by atoms with Gasteiger partial charge in [0.2, 0.25) is 0 Å². The van der Waals surface area contributed by atoms with Gasteiger partial charge in [-0.25, -0.2) is 0 Å². The van der Waals surface area contributed by atoms with Crippen LogP contribution in [0, 0.1) is 34.0 Å². The second-order valence-corrected chi connectivity index (χ2v) is 12.7. The molecule has 5 atom stereocenters. The second kappa shape index (κ2) is 7.51. The third-order valence-electron chi connectivity index (χ3n) is 9.41. The van der Waals surface area contributed by atoms with Crippen LogP contribution in [0.2, 0.25) is 0 Å². The summed E-state index contributed by atoms with van der Waals surface area (Å²) >= 11 is 0. The molecule has 0 aromatic carbocycles. The van der Waals surface area contributed by atoms with Crippen LogP contribution < -0.4 is 0 Å². The average Bonchev–Trinajstić information content (AvgIpc) is 3.12. The topological polar surface area (TPSA) is 67.5 Å². The van der Waals surface area contributed by atoms with E-state index in [0.29, 0.717) is 16.7 Å². The van der Waals surface area contributed by atoms with Crippen molar-refractivity contribution in [3.05, 3.63) is 35.1 Å². The van der Waals surface area contributed by atoms with Gasteiger partial charge in [0.05, 0.1) is 17.9 Å². The Bertz CT molecular complexity index is 898. The van der Waals surface area contributed by atoms with Crippen molar-refractivity contribution in [1.82, 2.24) is 0 Å². The first kappa shape index (κ1) is 22.1. The molecule has 0 radical (unpaired) electrons. The van der Waals surface area contributed by atoms with Gasteiger partial charge in [-0.1, -0.05) is 39.7 Å². The molecule has 1 aromatic rings. The van der Waals surface area contributed by atoms with Crippen LogP contribution in [0.5, 0.6) is 0 Å². The van der Waals surface area contributed by atoms with Crippen molar-refractivity contribution in [3.8, 4) is 0 Å². The quantitative estimate of drug-likeness (QED) is 0.539. The Morgan fingerprint density at radius 1 is 1.10 bits per heavy atom. The van der Waals surface area contributed by atoms with Crippen LogP contribution in [0.25, 0.3) is 0 Å². The fourth-order valence-corrected chi connectivity index (χ4v) is 8.93. The maximum atomic E-state index is 11.8. The molecule has 0 saturated heterocycles. The van der Waals surface area contributed by atoms with Gasteiger partial charge in [-0.05, 0) is 97.0 Å². The van der Waals surface area contributed by atoms with Crippen molar-refractivity contribution in [2.75, 3.05) is 0 Å². The third-order valence-corrected chi connectivity index (χ3v) is 10.0. The lowest BCUT2D eigenvalue weighted by molar-refractivity contribution is -0.153. The van der Waals surface area contributed by atoms with E-state index in [9.17, 15) is 13.0 Å². The highest BCUT2D eigenvalue weighted by molar-refractivity contribution is 7.88. The third kappa shape index (κ3) is 3.81. The zero-order valence-electron chi connectivity index (χ0n) is 19.0. The number of hydrogen-bond donors (Lipinski definition) is 1. The van der Waals surface area contributed by atoms with E-state index in [4.69, 9.17) is 4.42 Å². The Morgan fingerprint density at radius 3 is 2.53 bits per heavy atom. The first-order valence-corrected chi connectivity index (χ1v) is 13.2. The summed E-state index contributed by atoms with van der Waals surface area (Å²) < 4.78 is 38.4. The van der Waals surface area contributed by atoms with Gasteiger partial charge in [-0.3, -0.25) is 4.55 Å². The van der Waals surface area contributed by atoms with Crippen molar-refractivity contribution in [2.24, 2.45) is 34.0 Å². The number of hydrogen-bond acceptors (Lipinski definition) is 3. The molecule has 0 aliphatic heterocycles. The first-order valence-electron chi connectivity index (χ1n) is 11.6. The highest BCUT2D eigenvalue weighted by Crippen LogP contribution is 2.69. The molecule has 1 N–H and O–H groups in total. The van der Waals surface area contributed by atoms with Crippen molar-refractivity contribution in [3.63, 3.8) is 0 Å². The molecule has 3 saturated carbocycles. The van der Waals surface area contributed by atoms with Crippen LogP contribution in [0.3, 0.4) is 0 Å². The number of rotatable bonds is 4. The van der Waals surface area contributed by atoms with Gasteiger partial charge in [-0.15, -0.1) is 0 Å². The Morgan fingerprint density at radius 2 is 1.87 bits per heavy atom. The molecule has 30 heavy (non-hydrogen) atoms. The number of fused-ring (bicyclic) bond motifs is 3. The van der Waals surface area contributed by atoms with E-state index in [1.165, 1.54) is 31.1 Å². The predicted molar refractivity (Wildman–Crippen MR) is 119 cm³/mol. The molecular weight excluding hydrogens is 396 g/mol. The van der Waals surface area contributed by atoms with E-state index in [2.05, 4.69) is 27.7 Å². The molecular formula is C25H38O4S. The van der Waals surface area contributed by atoms with Crippen LogP contribution >= 0.6 is 0 Å². The van der Waals surface area contributed by atoms with Gasteiger partial charge in [0.15, 0.2) is 0 Å². The lowest BCUT2D eigenvalue weighted by Gasteiger charge is -2.66. The molecule has 0 bridgehead atoms. The molecule has 0 amide bonds. The number of furan rings is 1. The van der Waals surface area contributed by atoms with Crippen molar-refractivity contribution in [2.45, 2.75) is 85.5 Å². The Labute approximate surface area is 182 Å². The fourth-order valence-electron chi connectivity index (χ4n) is 8.27. The van der Waals surface area contributed by atoms with Gasteiger partial charge >= 0.3 is 0 Å². The molecule has 4 nitrogen and oxygen atoms in total. The summed E-state index contributed by atoms with van der Waals surface area (Å²) in [6.07, 6.45) is 13.3. The lowest BCUT2D eigenvalue weighted by atomic mass is 9.39. The van der Waals surface area contributed by atoms with Crippen molar-refractivity contribution in [1.29, 1.82) is 0 Å². The van der Waals surface area contributed by atoms with E-state index in [-0.39, 0.29) is 11.3 Å². The molecule has 3 aliphatic rings. The van der Waals surface area contributed by atoms with E-state index in [1.807, 2.05) is 6.07 Å². The van der Waals surface area contributed by atoms with Gasteiger partial charge < -0.3 is 4.42 Å². The molecule has 1 heterocycles. The normalized spacial score (nSPS) is 40.0. The standard InChI is InChI=1S/C25H38O4S/c1-23(2)12-5-13-25(4)21(23)10-14-24(3)20(8-6-18-11-15-29-16-18)19(7-9-22(24)25)17-30(26,27)28/h11,15-17,20-22H,5-10,12-14H2,1-4H3,(H,26,27,28)/b19-17+/t20-,21-,22-,24+,25-/m0/s1. The summed E-state index contributed by atoms with van der Waals surface area (Å²) in [6.45, 7) is 9.87. The molecule has 4 rings (SSSR count). The lowest BCUT2D eigenvalue weighted by Crippen LogP contribution is -2.58. The van der Waals surface area contributed by atoms with Crippen LogP contribution in [-0.2, 0) is 16.5 Å². The fraction of sp³-hybridized carbons (Fsp3) is 0.760. The number of aryl methyl sites for hydroxylation is 1. The van der Waals surface area contributed by atoms with Crippen molar-refractivity contribution < 1.29 is 17.4 Å². The second-order valence-electron chi connectivity index (χ2n) is 11.5. The van der Waals surface area contributed by atoms with Crippen LogP contribution in [0.1, 0.15) is 84.6 Å². The predicted octanol–water partition coefficient (Wildman–Crippen LogP) is 6.64. The van der Waals surface area contributed by atoms with Crippen LogP contribution in [0.15, 0.2) is 34.0 Å². The van der Waals surface area contributed by atoms with Gasteiger partial charge in [-0.2, -0.15) is 8.42 Å². The SMILES string of the molecule is CC1(C)CCC[C@]2(C)[C@H]3CC/C(=C\S(=O)(=O)O)[C@H](CCc4ccoc4)[C@@]3(C)CC[C@@H]12. The van der Waals surface area contributed by atoms with Gasteiger partial charge in [0, 0.05) is 0 Å². The Balaban J connectivity index is 1.71. The Hall–Kier alpha value is -1.07. The minimum Gasteiger partial charge on any atom is -0.472 e. The van der Waals surface area contributed by atoms with Crippen LogP contribution in [-0.4, -0.2) is 13.0 Å². The smallest absolute Gasteiger partial charge is 0.287 e. The Kier molecular flexibility index (Phi) is 5.54. The molecule has 0 spiro atoms. The minimum absolute atomic E-state index is 0.0666. The molecule has 0 unspecified atom stereocenters. The summed E-state index contributed by atoms with van der Waals surface area (Å²) in [5.74, 6) is 1.51. The molecule has 168 valence electrons. The summed E-state index contributed by atoms with van der Waals surface area (Å²) in [4.78, 5) is 0. The average molecular weight is 435 g/mol. The molecule has 1 aromatic heterocycles. The zero-order valence-corrected chi connectivity index (χ0v) is 19.8. The zero-order chi connectivity index (χ0) is 21.8. The summed E-state index contributed by atoms with van der Waals surface area (Å²) in [6, 6.07) is 2.00. The highest BCUT2D eigenvalue weighted by atomic mass is 32.2. The number of allylic oxidation sites excluding steroid dienone is 1. The first-order chi connectivity index (χ1) is 14.0.